The summed E-state index contributed by atoms with van der Waals surface area (Å²) in [5.41, 5.74) is 2.30. The largest absolute Gasteiger partial charge is 0.489 e. The summed E-state index contributed by atoms with van der Waals surface area (Å²) < 4.78 is 13.2. The van der Waals surface area contributed by atoms with Crippen molar-refractivity contribution < 1.29 is 13.9 Å². The van der Waals surface area contributed by atoms with E-state index in [0.29, 0.717) is 23.0 Å². The van der Waals surface area contributed by atoms with E-state index in [4.69, 9.17) is 14.1 Å². The second kappa shape index (κ2) is 9.08. The first kappa shape index (κ1) is 21.2. The number of amides is 1. The Kier molecular flexibility index (Phi) is 5.84. The van der Waals surface area contributed by atoms with Gasteiger partial charge >= 0.3 is 0 Å². The second-order valence-electron chi connectivity index (χ2n) is 8.28. The van der Waals surface area contributed by atoms with Gasteiger partial charge < -0.3 is 9.15 Å². The predicted molar refractivity (Wildman–Crippen MR) is 133 cm³/mol. The SMILES string of the molecule is CC(C)CN(C(=O)c1oc2ccccc2c1COc1ccccc1)c1nc2ccccc2s1. The number of para-hydroxylation sites is 3. The van der Waals surface area contributed by atoms with E-state index < -0.39 is 0 Å². The molecule has 0 atom stereocenters. The lowest BCUT2D eigenvalue weighted by Crippen LogP contribution is -2.34. The summed E-state index contributed by atoms with van der Waals surface area (Å²) >= 11 is 1.51. The second-order valence-corrected chi connectivity index (χ2v) is 9.29. The number of hydrogen-bond acceptors (Lipinski definition) is 5. The zero-order valence-corrected chi connectivity index (χ0v) is 19.3. The van der Waals surface area contributed by atoms with Crippen LogP contribution < -0.4 is 9.64 Å². The lowest BCUT2D eigenvalue weighted by atomic mass is 10.1. The van der Waals surface area contributed by atoms with Crippen molar-refractivity contribution in [3.8, 4) is 5.75 Å². The van der Waals surface area contributed by atoms with Crippen LogP contribution in [-0.2, 0) is 6.61 Å². The standard InChI is InChI=1S/C27H24N2O3S/c1-18(2)16-29(27-28-22-13-7-9-15-24(22)33-27)26(30)25-21(17-31-19-10-4-3-5-11-19)20-12-6-8-14-23(20)32-25/h3-15,18H,16-17H2,1-2H3. The van der Waals surface area contributed by atoms with Crippen molar-refractivity contribution in [2.75, 3.05) is 11.4 Å². The molecule has 0 N–H and O–H groups in total. The van der Waals surface area contributed by atoms with Gasteiger partial charge in [-0.3, -0.25) is 9.69 Å². The summed E-state index contributed by atoms with van der Waals surface area (Å²) in [5, 5.41) is 1.55. The quantitative estimate of drug-likeness (QED) is 0.267. The average molecular weight is 457 g/mol. The van der Waals surface area contributed by atoms with Gasteiger partial charge in [0.15, 0.2) is 10.9 Å². The van der Waals surface area contributed by atoms with E-state index in [1.165, 1.54) is 11.3 Å². The van der Waals surface area contributed by atoms with Gasteiger partial charge in [0.05, 0.1) is 10.2 Å². The molecule has 0 fully saturated rings. The van der Waals surface area contributed by atoms with E-state index in [0.717, 1.165) is 26.9 Å². The maximum Gasteiger partial charge on any atom is 0.296 e. The number of benzene rings is 3. The average Bonchev–Trinajstić information content (AvgIpc) is 3.43. The van der Waals surface area contributed by atoms with Gasteiger partial charge in [-0.1, -0.05) is 73.7 Å². The number of nitrogens with zero attached hydrogens (tertiary/aromatic N) is 2. The van der Waals surface area contributed by atoms with E-state index in [9.17, 15) is 4.79 Å². The van der Waals surface area contributed by atoms with E-state index in [1.807, 2.05) is 78.9 Å². The fraction of sp³-hybridized carbons (Fsp3) is 0.185. The molecule has 0 bridgehead atoms. The topological polar surface area (TPSA) is 55.6 Å². The number of thiazole rings is 1. The van der Waals surface area contributed by atoms with Crippen molar-refractivity contribution in [2.45, 2.75) is 20.5 Å². The van der Waals surface area contributed by atoms with Gasteiger partial charge in [-0.05, 0) is 36.2 Å². The maximum atomic E-state index is 13.9. The summed E-state index contributed by atoms with van der Waals surface area (Å²) in [4.78, 5) is 20.4. The Bertz CT molecular complexity index is 1370. The Labute approximate surface area is 196 Å². The highest BCUT2D eigenvalue weighted by Crippen LogP contribution is 2.33. The predicted octanol–water partition coefficient (Wildman–Crippen LogP) is 6.92. The first-order valence-corrected chi connectivity index (χ1v) is 11.8. The highest BCUT2D eigenvalue weighted by molar-refractivity contribution is 7.22. The lowest BCUT2D eigenvalue weighted by Gasteiger charge is -2.21. The molecule has 166 valence electrons. The van der Waals surface area contributed by atoms with Crippen LogP contribution in [0.4, 0.5) is 5.13 Å². The molecule has 5 aromatic rings. The monoisotopic (exact) mass is 456 g/mol. The van der Waals surface area contributed by atoms with Crippen molar-refractivity contribution in [1.82, 2.24) is 4.98 Å². The fourth-order valence-corrected chi connectivity index (χ4v) is 4.77. The zero-order chi connectivity index (χ0) is 22.8. The number of furan rings is 1. The summed E-state index contributed by atoms with van der Waals surface area (Å²) in [6.07, 6.45) is 0. The third-order valence-electron chi connectivity index (χ3n) is 5.33. The Balaban J connectivity index is 1.56. The minimum Gasteiger partial charge on any atom is -0.489 e. The number of ether oxygens (including phenoxy) is 1. The molecule has 5 nitrogen and oxygen atoms in total. The van der Waals surface area contributed by atoms with Crippen LogP contribution in [0.15, 0.2) is 83.3 Å². The highest BCUT2D eigenvalue weighted by Gasteiger charge is 2.29. The van der Waals surface area contributed by atoms with Gasteiger partial charge in [0, 0.05) is 17.5 Å². The van der Waals surface area contributed by atoms with Gasteiger partial charge in [0.1, 0.15) is 17.9 Å². The lowest BCUT2D eigenvalue weighted by molar-refractivity contribution is 0.0956. The van der Waals surface area contributed by atoms with Gasteiger partial charge in [-0.15, -0.1) is 0 Å². The normalized spacial score (nSPS) is 11.4. The van der Waals surface area contributed by atoms with Crippen molar-refractivity contribution in [1.29, 1.82) is 0 Å². The molecule has 0 aliphatic rings. The molecule has 6 heteroatoms. The molecule has 33 heavy (non-hydrogen) atoms. The minimum atomic E-state index is -0.203. The molecule has 0 aliphatic carbocycles. The highest BCUT2D eigenvalue weighted by atomic mass is 32.1. The molecule has 0 aliphatic heterocycles. The molecule has 0 unspecified atom stereocenters. The van der Waals surface area contributed by atoms with Crippen LogP contribution in [0.2, 0.25) is 0 Å². The van der Waals surface area contributed by atoms with Crippen molar-refractivity contribution in [2.24, 2.45) is 5.92 Å². The van der Waals surface area contributed by atoms with Crippen molar-refractivity contribution >= 4 is 43.6 Å². The summed E-state index contributed by atoms with van der Waals surface area (Å²) in [6.45, 7) is 4.95. The van der Waals surface area contributed by atoms with E-state index in [-0.39, 0.29) is 18.4 Å². The molecule has 0 radical (unpaired) electrons. The van der Waals surface area contributed by atoms with Crippen LogP contribution in [0.25, 0.3) is 21.2 Å². The van der Waals surface area contributed by atoms with Gasteiger partial charge in [-0.2, -0.15) is 0 Å². The Morgan fingerprint density at radius 2 is 1.73 bits per heavy atom. The van der Waals surface area contributed by atoms with Crippen molar-refractivity contribution in [3.63, 3.8) is 0 Å². The molecule has 2 aromatic heterocycles. The van der Waals surface area contributed by atoms with Crippen LogP contribution in [0.3, 0.4) is 0 Å². The molecule has 0 saturated carbocycles. The van der Waals surface area contributed by atoms with E-state index >= 15 is 0 Å². The molecule has 0 saturated heterocycles. The van der Waals surface area contributed by atoms with Gasteiger partial charge in [-0.25, -0.2) is 4.98 Å². The van der Waals surface area contributed by atoms with Crippen LogP contribution in [0, 0.1) is 5.92 Å². The fourth-order valence-electron chi connectivity index (χ4n) is 3.80. The first-order valence-electron chi connectivity index (χ1n) is 11.0. The molecular formula is C27H24N2O3S. The van der Waals surface area contributed by atoms with Gasteiger partial charge in [0.2, 0.25) is 0 Å². The summed E-state index contributed by atoms with van der Waals surface area (Å²) in [7, 11) is 0. The minimum absolute atomic E-state index is 0.203. The molecule has 5 rings (SSSR count). The maximum absolute atomic E-state index is 13.9. The Hall–Kier alpha value is -3.64. The number of hydrogen-bond donors (Lipinski definition) is 0. The molecule has 0 spiro atoms. The Morgan fingerprint density at radius 1 is 1.00 bits per heavy atom. The summed E-state index contributed by atoms with van der Waals surface area (Å²) in [5.74, 6) is 1.10. The molecule has 2 heterocycles. The van der Waals surface area contributed by atoms with Gasteiger partial charge in [0.25, 0.3) is 5.91 Å². The van der Waals surface area contributed by atoms with Crippen LogP contribution >= 0.6 is 11.3 Å². The number of carbonyl (C=O) groups is 1. The zero-order valence-electron chi connectivity index (χ0n) is 18.5. The van der Waals surface area contributed by atoms with E-state index in [2.05, 4.69) is 13.8 Å². The number of anilines is 1. The Morgan fingerprint density at radius 3 is 2.52 bits per heavy atom. The van der Waals surface area contributed by atoms with Crippen LogP contribution in [0.5, 0.6) is 5.75 Å². The van der Waals surface area contributed by atoms with E-state index in [1.54, 1.807) is 4.90 Å². The smallest absolute Gasteiger partial charge is 0.296 e. The van der Waals surface area contributed by atoms with Crippen LogP contribution in [-0.4, -0.2) is 17.4 Å². The number of aromatic nitrogens is 1. The number of rotatable bonds is 7. The third kappa shape index (κ3) is 4.34. The molecular weight excluding hydrogens is 432 g/mol. The third-order valence-corrected chi connectivity index (χ3v) is 6.38. The summed E-state index contributed by atoms with van der Waals surface area (Å²) in [6, 6.07) is 25.2. The van der Waals surface area contributed by atoms with Crippen molar-refractivity contribution in [3.05, 3.63) is 90.2 Å². The molecule has 1 amide bonds. The number of fused-ring (bicyclic) bond motifs is 2. The van der Waals surface area contributed by atoms with Crippen LogP contribution in [0.1, 0.15) is 30.0 Å². The first-order chi connectivity index (χ1) is 16.1. The molecule has 3 aromatic carbocycles. The number of carbonyl (C=O) groups excluding carboxylic acids is 1.